The van der Waals surface area contributed by atoms with Crippen molar-refractivity contribution >= 4 is 41.1 Å². The number of nitrogens with zero attached hydrogens (tertiary/aromatic N) is 3. The molecule has 0 bridgehead atoms. The van der Waals surface area contributed by atoms with Crippen LogP contribution in [0.3, 0.4) is 0 Å². The summed E-state index contributed by atoms with van der Waals surface area (Å²) >= 11 is 6.81. The molecule has 3 aromatic rings. The van der Waals surface area contributed by atoms with E-state index < -0.39 is 24.3 Å². The Hall–Kier alpha value is -3.30. The van der Waals surface area contributed by atoms with E-state index in [1.807, 2.05) is 0 Å². The second kappa shape index (κ2) is 7.37. The van der Waals surface area contributed by atoms with Crippen molar-refractivity contribution in [1.29, 1.82) is 0 Å². The van der Waals surface area contributed by atoms with Crippen LogP contribution in [-0.2, 0) is 4.79 Å². The number of fused-ring (bicyclic) bond motifs is 1. The van der Waals surface area contributed by atoms with E-state index in [-0.39, 0.29) is 17.0 Å². The van der Waals surface area contributed by atoms with Crippen molar-refractivity contribution in [2.75, 3.05) is 6.61 Å². The van der Waals surface area contributed by atoms with E-state index in [0.717, 1.165) is 17.3 Å². The van der Waals surface area contributed by atoms with Crippen LogP contribution in [0.2, 0.25) is 5.02 Å². The van der Waals surface area contributed by atoms with E-state index in [9.17, 15) is 14.4 Å². The number of ether oxygens (including phenoxy) is 1. The molecule has 2 aromatic carbocycles. The number of carbonyl (C=O) groups is 3. The van der Waals surface area contributed by atoms with Gasteiger partial charge in [-0.3, -0.25) is 19.8 Å². The molecule has 1 aliphatic heterocycles. The normalized spacial score (nSPS) is 12.8. The Labute approximate surface area is 168 Å². The molecule has 0 atom stereocenters. The zero-order chi connectivity index (χ0) is 19.7. The lowest BCUT2D eigenvalue weighted by molar-refractivity contribution is -0.126. The van der Waals surface area contributed by atoms with Gasteiger partial charge in [-0.2, -0.15) is 9.38 Å². The van der Waals surface area contributed by atoms with Crippen molar-refractivity contribution in [3.63, 3.8) is 0 Å². The molecule has 0 fully saturated rings. The number of amides is 3. The molecule has 28 heavy (non-hydrogen) atoms. The van der Waals surface area contributed by atoms with Crippen LogP contribution in [0.4, 0.5) is 0 Å². The van der Waals surface area contributed by atoms with Gasteiger partial charge in [0.2, 0.25) is 0 Å². The molecule has 0 saturated heterocycles. The molecule has 0 spiro atoms. The van der Waals surface area contributed by atoms with E-state index in [4.69, 9.17) is 16.3 Å². The molecule has 2 heterocycles. The van der Waals surface area contributed by atoms with Gasteiger partial charge in [0.25, 0.3) is 23.6 Å². The fraction of sp³-hybridized carbons (Fsp3) is 0.0556. The lowest BCUT2D eigenvalue weighted by atomic mass is 10.1. The highest BCUT2D eigenvalue weighted by molar-refractivity contribution is 6.99. The van der Waals surface area contributed by atoms with Crippen LogP contribution in [-0.4, -0.2) is 38.1 Å². The first-order valence-corrected chi connectivity index (χ1v) is 9.14. The highest BCUT2D eigenvalue weighted by atomic mass is 35.5. The number of benzene rings is 2. The third kappa shape index (κ3) is 3.32. The first-order valence-electron chi connectivity index (χ1n) is 8.03. The van der Waals surface area contributed by atoms with Crippen LogP contribution in [0.5, 0.6) is 5.88 Å². The largest absolute Gasteiger partial charge is 0.465 e. The molecule has 3 amide bonds. The summed E-state index contributed by atoms with van der Waals surface area (Å²) < 4.78 is 13.6. The van der Waals surface area contributed by atoms with E-state index in [0.29, 0.717) is 15.7 Å². The van der Waals surface area contributed by atoms with Crippen molar-refractivity contribution in [2.24, 2.45) is 0 Å². The van der Waals surface area contributed by atoms with E-state index in [1.165, 1.54) is 12.1 Å². The summed E-state index contributed by atoms with van der Waals surface area (Å²) in [5.41, 5.74) is 3.94. The molecule has 0 saturated carbocycles. The van der Waals surface area contributed by atoms with Crippen LogP contribution in [0.1, 0.15) is 20.7 Å². The quantitative estimate of drug-likeness (QED) is 0.644. The zero-order valence-electron chi connectivity index (χ0n) is 14.1. The van der Waals surface area contributed by atoms with Gasteiger partial charge in [0, 0.05) is 10.6 Å². The van der Waals surface area contributed by atoms with Crippen LogP contribution in [0.25, 0.3) is 11.3 Å². The number of imide groups is 1. The minimum Gasteiger partial charge on any atom is -0.465 e. The molecular formula is C18H11ClN4O4S. The number of hydrazine groups is 1. The second-order valence-electron chi connectivity index (χ2n) is 5.74. The summed E-state index contributed by atoms with van der Waals surface area (Å²) in [6.45, 7) is -0.445. The van der Waals surface area contributed by atoms with Crippen LogP contribution in [0.15, 0.2) is 48.5 Å². The van der Waals surface area contributed by atoms with E-state index >= 15 is 0 Å². The molecular weight excluding hydrogens is 404 g/mol. The van der Waals surface area contributed by atoms with Gasteiger partial charge in [-0.1, -0.05) is 35.9 Å². The predicted molar refractivity (Wildman–Crippen MR) is 101 cm³/mol. The fourth-order valence-corrected chi connectivity index (χ4v) is 3.29. The average Bonchev–Trinajstić information content (AvgIpc) is 3.26. The number of nitrogens with one attached hydrogen (secondary N) is 1. The summed E-state index contributed by atoms with van der Waals surface area (Å²) in [5.74, 6) is -1.69. The predicted octanol–water partition coefficient (Wildman–Crippen LogP) is 2.56. The van der Waals surface area contributed by atoms with Crippen LogP contribution >= 0.6 is 23.3 Å². The van der Waals surface area contributed by atoms with Crippen molar-refractivity contribution in [3.8, 4) is 17.1 Å². The molecule has 4 rings (SSSR count). The summed E-state index contributed by atoms with van der Waals surface area (Å²) in [6, 6.07) is 13.3. The zero-order valence-corrected chi connectivity index (χ0v) is 15.7. The van der Waals surface area contributed by atoms with Crippen molar-refractivity contribution in [3.05, 3.63) is 64.7 Å². The molecule has 1 aromatic heterocycles. The molecule has 10 heteroatoms. The lowest BCUT2D eigenvalue weighted by Crippen LogP contribution is -2.47. The number of halogens is 1. The van der Waals surface area contributed by atoms with Crippen molar-refractivity contribution in [1.82, 2.24) is 19.2 Å². The van der Waals surface area contributed by atoms with Crippen LogP contribution < -0.4 is 10.2 Å². The molecule has 1 N–H and O–H groups in total. The summed E-state index contributed by atoms with van der Waals surface area (Å²) in [6.07, 6.45) is 0. The first kappa shape index (κ1) is 18.1. The molecule has 8 nitrogen and oxygen atoms in total. The molecule has 0 radical (unpaired) electrons. The van der Waals surface area contributed by atoms with E-state index in [1.54, 1.807) is 36.4 Å². The van der Waals surface area contributed by atoms with Gasteiger partial charge in [0.05, 0.1) is 22.9 Å². The number of aromatic nitrogens is 2. The number of carbonyl (C=O) groups excluding carboxylic acids is 3. The number of rotatable bonds is 5. The standard InChI is InChI=1S/C18H11ClN4O4S/c19-11-7-5-10(6-8-11)15-16(22-28-21-15)27-9-14(24)20-23-17(25)12-3-1-2-4-13(12)18(23)26/h1-8H,9H2,(H,20,24). The molecule has 1 aliphatic rings. The maximum atomic E-state index is 12.3. The van der Waals surface area contributed by atoms with Gasteiger partial charge >= 0.3 is 0 Å². The Balaban J connectivity index is 1.41. The highest BCUT2D eigenvalue weighted by Gasteiger charge is 2.36. The van der Waals surface area contributed by atoms with E-state index in [2.05, 4.69) is 14.2 Å². The fourth-order valence-electron chi connectivity index (χ4n) is 2.64. The number of hydrogen-bond donors (Lipinski definition) is 1. The topological polar surface area (TPSA) is 101 Å². The summed E-state index contributed by atoms with van der Waals surface area (Å²) in [5, 5.41) is 1.25. The molecule has 140 valence electrons. The number of hydrogen-bond acceptors (Lipinski definition) is 7. The summed E-state index contributed by atoms with van der Waals surface area (Å²) in [4.78, 5) is 36.7. The van der Waals surface area contributed by atoms with Crippen molar-refractivity contribution < 1.29 is 19.1 Å². The Morgan fingerprint density at radius 2 is 1.68 bits per heavy atom. The maximum absolute atomic E-state index is 12.3. The van der Waals surface area contributed by atoms with Gasteiger partial charge in [-0.05, 0) is 24.3 Å². The highest BCUT2D eigenvalue weighted by Crippen LogP contribution is 2.28. The van der Waals surface area contributed by atoms with Gasteiger partial charge in [0.1, 0.15) is 5.69 Å². The first-order chi connectivity index (χ1) is 13.5. The van der Waals surface area contributed by atoms with Gasteiger partial charge in [-0.25, -0.2) is 0 Å². The average molecular weight is 415 g/mol. The summed E-state index contributed by atoms with van der Waals surface area (Å²) in [7, 11) is 0. The Morgan fingerprint density at radius 3 is 2.32 bits per heavy atom. The van der Waals surface area contributed by atoms with Gasteiger partial charge in [-0.15, -0.1) is 4.37 Å². The van der Waals surface area contributed by atoms with Gasteiger partial charge < -0.3 is 4.74 Å². The minimum absolute atomic E-state index is 0.171. The Kier molecular flexibility index (Phi) is 4.76. The monoisotopic (exact) mass is 414 g/mol. The van der Waals surface area contributed by atoms with Gasteiger partial charge in [0.15, 0.2) is 6.61 Å². The smallest absolute Gasteiger partial charge is 0.280 e. The maximum Gasteiger partial charge on any atom is 0.280 e. The molecule has 0 aliphatic carbocycles. The molecule has 0 unspecified atom stereocenters. The second-order valence-corrected chi connectivity index (χ2v) is 6.70. The SMILES string of the molecule is O=C(COc1nsnc1-c1ccc(Cl)cc1)NN1C(=O)c2ccccc2C1=O. The lowest BCUT2D eigenvalue weighted by Gasteiger charge is -2.15. The Morgan fingerprint density at radius 1 is 1.04 bits per heavy atom. The Bertz CT molecular complexity index is 1050. The van der Waals surface area contributed by atoms with Crippen molar-refractivity contribution in [2.45, 2.75) is 0 Å². The van der Waals surface area contributed by atoms with Crippen LogP contribution in [0, 0.1) is 0 Å². The third-order valence-corrected chi connectivity index (χ3v) is 4.71. The third-order valence-electron chi connectivity index (χ3n) is 3.95. The minimum atomic E-state index is -0.676.